The van der Waals surface area contributed by atoms with Crippen LogP contribution in [0.4, 0.5) is 5.69 Å². The van der Waals surface area contributed by atoms with Crippen LogP contribution in [0.15, 0.2) is 52.3 Å². The zero-order valence-corrected chi connectivity index (χ0v) is 16.8. The predicted molar refractivity (Wildman–Crippen MR) is 112 cm³/mol. The van der Waals surface area contributed by atoms with E-state index in [1.54, 1.807) is 16.8 Å². The van der Waals surface area contributed by atoms with Crippen molar-refractivity contribution in [1.82, 2.24) is 4.90 Å². The van der Waals surface area contributed by atoms with Crippen molar-refractivity contribution in [2.24, 2.45) is 0 Å². The average molecular weight is 394 g/mol. The van der Waals surface area contributed by atoms with E-state index in [9.17, 15) is 9.59 Å². The molecule has 2 aromatic rings. The van der Waals surface area contributed by atoms with E-state index in [4.69, 9.17) is 4.74 Å². The third-order valence-electron chi connectivity index (χ3n) is 4.94. The van der Waals surface area contributed by atoms with E-state index in [2.05, 4.69) is 6.07 Å². The number of carbonyl (C=O) groups is 2. The van der Waals surface area contributed by atoms with Gasteiger partial charge >= 0.3 is 0 Å². The van der Waals surface area contributed by atoms with Gasteiger partial charge in [0.2, 0.25) is 0 Å². The summed E-state index contributed by atoms with van der Waals surface area (Å²) in [5, 5.41) is 0. The van der Waals surface area contributed by atoms with Gasteiger partial charge in [-0.3, -0.25) is 9.59 Å². The van der Waals surface area contributed by atoms with Gasteiger partial charge in [-0.2, -0.15) is 0 Å². The number of morpholine rings is 1. The van der Waals surface area contributed by atoms with Gasteiger partial charge < -0.3 is 14.5 Å². The Morgan fingerprint density at radius 2 is 1.93 bits per heavy atom. The molecule has 2 aromatic carbocycles. The Morgan fingerprint density at radius 3 is 2.68 bits per heavy atom. The summed E-state index contributed by atoms with van der Waals surface area (Å²) in [6, 6.07) is 13.7. The van der Waals surface area contributed by atoms with Gasteiger partial charge in [-0.15, -0.1) is 0 Å². The van der Waals surface area contributed by atoms with Gasteiger partial charge in [0.25, 0.3) is 11.8 Å². The van der Waals surface area contributed by atoms with Gasteiger partial charge in [-0.1, -0.05) is 41.6 Å². The minimum absolute atomic E-state index is 0.0157. The van der Waals surface area contributed by atoms with E-state index in [1.165, 1.54) is 11.8 Å². The molecule has 1 fully saturated rings. The van der Waals surface area contributed by atoms with Crippen molar-refractivity contribution in [3.8, 4) is 0 Å². The molecule has 2 amide bonds. The summed E-state index contributed by atoms with van der Waals surface area (Å²) in [6.45, 7) is 4.37. The monoisotopic (exact) mass is 394 g/mol. The van der Waals surface area contributed by atoms with E-state index in [0.717, 1.165) is 21.7 Å². The van der Waals surface area contributed by atoms with Crippen molar-refractivity contribution in [3.63, 3.8) is 0 Å². The Balaban J connectivity index is 1.62. The quantitative estimate of drug-likeness (QED) is 0.731. The van der Waals surface area contributed by atoms with E-state index < -0.39 is 0 Å². The van der Waals surface area contributed by atoms with Gasteiger partial charge in [0, 0.05) is 30.6 Å². The number of rotatable bonds is 2. The predicted octanol–water partition coefficient (Wildman–Crippen LogP) is 3.58. The van der Waals surface area contributed by atoms with E-state index >= 15 is 0 Å². The van der Waals surface area contributed by atoms with Crippen LogP contribution in [-0.2, 0) is 9.53 Å². The van der Waals surface area contributed by atoms with Crippen LogP contribution in [0.3, 0.4) is 0 Å². The fourth-order valence-corrected chi connectivity index (χ4v) is 4.48. The maximum atomic E-state index is 12.9. The fourth-order valence-electron chi connectivity index (χ4n) is 3.39. The standard InChI is InChI=1S/C22H22N2O3S/c1-15-4-3-5-16(12-15)13-20-22(26)23(2)18-14-17(6-7-19(18)28-20)21(25)24-8-10-27-11-9-24/h3-7,12-14H,8-11H2,1-2H3. The molecule has 0 aromatic heterocycles. The van der Waals surface area contributed by atoms with Gasteiger partial charge in [0.1, 0.15) is 0 Å². The largest absolute Gasteiger partial charge is 0.378 e. The van der Waals surface area contributed by atoms with Crippen LogP contribution in [0.2, 0.25) is 0 Å². The van der Waals surface area contributed by atoms with E-state index in [-0.39, 0.29) is 11.8 Å². The number of likely N-dealkylation sites (N-methyl/N-ethyl adjacent to an activating group) is 1. The molecule has 2 aliphatic heterocycles. The topological polar surface area (TPSA) is 49.9 Å². The molecule has 0 aliphatic carbocycles. The molecule has 0 spiro atoms. The van der Waals surface area contributed by atoms with Crippen molar-refractivity contribution in [1.29, 1.82) is 0 Å². The normalized spacial score (nSPS) is 18.4. The molecular formula is C22H22N2O3S. The lowest BCUT2D eigenvalue weighted by atomic mass is 10.1. The van der Waals surface area contributed by atoms with Crippen LogP contribution >= 0.6 is 11.8 Å². The lowest BCUT2D eigenvalue weighted by molar-refractivity contribution is -0.114. The number of hydrogen-bond acceptors (Lipinski definition) is 4. The van der Waals surface area contributed by atoms with Crippen LogP contribution < -0.4 is 4.90 Å². The first-order valence-electron chi connectivity index (χ1n) is 9.28. The first kappa shape index (κ1) is 18.8. The molecule has 4 rings (SSSR count). The Hall–Kier alpha value is -2.57. The van der Waals surface area contributed by atoms with Crippen molar-refractivity contribution in [2.75, 3.05) is 38.3 Å². The minimum Gasteiger partial charge on any atom is -0.378 e. The molecule has 2 heterocycles. The fraction of sp³-hybridized carbons (Fsp3) is 0.273. The summed E-state index contributed by atoms with van der Waals surface area (Å²) < 4.78 is 5.32. The van der Waals surface area contributed by atoms with E-state index in [1.807, 2.05) is 49.4 Å². The van der Waals surface area contributed by atoms with Crippen LogP contribution in [-0.4, -0.2) is 50.1 Å². The molecule has 0 atom stereocenters. The number of fused-ring (bicyclic) bond motifs is 1. The lowest BCUT2D eigenvalue weighted by Gasteiger charge is -2.29. The van der Waals surface area contributed by atoms with Gasteiger partial charge in [-0.25, -0.2) is 0 Å². The second-order valence-corrected chi connectivity index (χ2v) is 8.06. The van der Waals surface area contributed by atoms with Gasteiger partial charge in [0.15, 0.2) is 0 Å². The van der Waals surface area contributed by atoms with Crippen molar-refractivity contribution in [2.45, 2.75) is 11.8 Å². The summed E-state index contributed by atoms with van der Waals surface area (Å²) in [7, 11) is 1.76. The van der Waals surface area contributed by atoms with Crippen LogP contribution in [0.5, 0.6) is 0 Å². The highest BCUT2D eigenvalue weighted by molar-refractivity contribution is 8.04. The SMILES string of the molecule is Cc1cccc(C=C2Sc3ccc(C(=O)N4CCOCC4)cc3N(C)C2=O)c1. The number of carbonyl (C=O) groups excluding carboxylic acids is 2. The molecule has 0 saturated carbocycles. The summed E-state index contributed by atoms with van der Waals surface area (Å²) in [6.07, 6.45) is 1.92. The Labute approximate surface area is 169 Å². The summed E-state index contributed by atoms with van der Waals surface area (Å²) in [5.41, 5.74) is 3.54. The van der Waals surface area contributed by atoms with Crippen LogP contribution in [0.25, 0.3) is 6.08 Å². The first-order chi connectivity index (χ1) is 13.5. The van der Waals surface area contributed by atoms with Crippen molar-refractivity contribution in [3.05, 3.63) is 64.1 Å². The average Bonchev–Trinajstić information content (AvgIpc) is 2.72. The number of amides is 2. The maximum absolute atomic E-state index is 12.9. The second-order valence-electron chi connectivity index (χ2n) is 6.98. The highest BCUT2D eigenvalue weighted by atomic mass is 32.2. The van der Waals surface area contributed by atoms with Crippen molar-refractivity contribution < 1.29 is 14.3 Å². The van der Waals surface area contributed by atoms with Gasteiger partial charge in [0.05, 0.1) is 23.8 Å². The first-order valence-corrected chi connectivity index (χ1v) is 10.1. The Kier molecular flexibility index (Phi) is 5.24. The number of hydrogen-bond donors (Lipinski definition) is 0. The molecule has 2 aliphatic rings. The number of aryl methyl sites for hydroxylation is 1. The van der Waals surface area contributed by atoms with Gasteiger partial charge in [-0.05, 0) is 36.8 Å². The Bertz CT molecular complexity index is 964. The highest BCUT2D eigenvalue weighted by Gasteiger charge is 2.28. The zero-order valence-electron chi connectivity index (χ0n) is 16.0. The highest BCUT2D eigenvalue weighted by Crippen LogP contribution is 2.42. The molecule has 144 valence electrons. The third-order valence-corrected chi connectivity index (χ3v) is 6.02. The minimum atomic E-state index is -0.0602. The zero-order chi connectivity index (χ0) is 19.7. The molecule has 1 saturated heterocycles. The number of thioether (sulfide) groups is 1. The summed E-state index contributed by atoms with van der Waals surface area (Å²) in [5.74, 6) is -0.0759. The number of ether oxygens (including phenoxy) is 1. The van der Waals surface area contributed by atoms with Crippen molar-refractivity contribution >= 4 is 35.3 Å². The van der Waals surface area contributed by atoms with Crippen LogP contribution in [0, 0.1) is 6.92 Å². The molecule has 0 N–H and O–H groups in total. The molecule has 0 unspecified atom stereocenters. The number of nitrogens with zero attached hydrogens (tertiary/aromatic N) is 2. The molecule has 28 heavy (non-hydrogen) atoms. The molecular weight excluding hydrogens is 372 g/mol. The number of anilines is 1. The smallest absolute Gasteiger partial charge is 0.264 e. The third kappa shape index (κ3) is 3.70. The van der Waals surface area contributed by atoms with Crippen LogP contribution in [0.1, 0.15) is 21.5 Å². The van der Waals surface area contributed by atoms with E-state index in [0.29, 0.717) is 36.8 Å². The summed E-state index contributed by atoms with van der Waals surface area (Å²) in [4.78, 5) is 30.7. The molecule has 5 nitrogen and oxygen atoms in total. The summed E-state index contributed by atoms with van der Waals surface area (Å²) >= 11 is 1.45. The maximum Gasteiger partial charge on any atom is 0.264 e. The second kappa shape index (κ2) is 7.81. The molecule has 0 radical (unpaired) electrons. The lowest BCUT2D eigenvalue weighted by Crippen LogP contribution is -2.40. The molecule has 0 bridgehead atoms. The Morgan fingerprint density at radius 1 is 1.14 bits per heavy atom. The number of benzene rings is 2. The molecule has 6 heteroatoms.